The van der Waals surface area contributed by atoms with E-state index in [1.165, 1.54) is 12.1 Å². The predicted molar refractivity (Wildman–Crippen MR) is 59.4 cm³/mol. The van der Waals surface area contributed by atoms with Crippen molar-refractivity contribution in [3.8, 4) is 0 Å². The van der Waals surface area contributed by atoms with Gasteiger partial charge in [0.1, 0.15) is 5.82 Å². The van der Waals surface area contributed by atoms with Gasteiger partial charge >= 0.3 is 6.18 Å². The molecule has 0 aliphatic rings. The zero-order valence-corrected chi connectivity index (χ0v) is 10.2. The minimum Gasteiger partial charge on any atom is -0.388 e. The first-order valence-electron chi connectivity index (χ1n) is 4.49. The lowest BCUT2D eigenvalue weighted by atomic mass is 10.0. The van der Waals surface area contributed by atoms with Gasteiger partial charge in [0.2, 0.25) is 0 Å². The van der Waals surface area contributed by atoms with Gasteiger partial charge in [0.25, 0.3) is 0 Å². The summed E-state index contributed by atoms with van der Waals surface area (Å²) < 4.78 is 48.9. The van der Waals surface area contributed by atoms with E-state index in [9.17, 15) is 22.7 Å². The Morgan fingerprint density at radius 2 is 1.94 bits per heavy atom. The van der Waals surface area contributed by atoms with Crippen molar-refractivity contribution in [2.24, 2.45) is 0 Å². The molecule has 1 aromatic carbocycles. The molecule has 1 atom stereocenters. The summed E-state index contributed by atoms with van der Waals surface area (Å²) in [6, 6.07) is 3.60. The molecule has 0 heterocycles. The number of rotatable bonds is 3. The number of hydrogen-bond donors (Lipinski definition) is 1. The molecule has 16 heavy (non-hydrogen) atoms. The maximum Gasteiger partial charge on any atom is 0.389 e. The number of hydrogen-bond acceptors (Lipinski definition) is 1. The van der Waals surface area contributed by atoms with Crippen LogP contribution in [0.2, 0.25) is 0 Å². The molecule has 0 aliphatic heterocycles. The number of benzene rings is 1. The summed E-state index contributed by atoms with van der Waals surface area (Å²) in [4.78, 5) is 0. The van der Waals surface area contributed by atoms with Gasteiger partial charge in [-0.3, -0.25) is 0 Å². The first kappa shape index (κ1) is 13.7. The van der Waals surface area contributed by atoms with Gasteiger partial charge in [-0.1, -0.05) is 6.07 Å². The molecular weight excluding hydrogens is 339 g/mol. The number of aliphatic hydroxyl groups is 1. The van der Waals surface area contributed by atoms with Crippen LogP contribution in [-0.4, -0.2) is 11.3 Å². The third-order valence-corrected chi connectivity index (χ3v) is 2.96. The Morgan fingerprint density at radius 3 is 2.44 bits per heavy atom. The largest absolute Gasteiger partial charge is 0.389 e. The monoisotopic (exact) mass is 348 g/mol. The summed E-state index contributed by atoms with van der Waals surface area (Å²) in [6.07, 6.45) is -6.96. The molecule has 1 unspecified atom stereocenters. The molecule has 0 aliphatic carbocycles. The lowest BCUT2D eigenvalue weighted by Crippen LogP contribution is -2.10. The molecule has 1 rings (SSSR count). The summed E-state index contributed by atoms with van der Waals surface area (Å²) in [6.45, 7) is 0. The van der Waals surface area contributed by atoms with Crippen LogP contribution in [-0.2, 0) is 0 Å². The fourth-order valence-corrected chi connectivity index (χ4v) is 2.06. The minimum atomic E-state index is -4.29. The van der Waals surface area contributed by atoms with E-state index in [1.807, 2.05) is 0 Å². The van der Waals surface area contributed by atoms with Crippen LogP contribution < -0.4 is 0 Å². The van der Waals surface area contributed by atoms with E-state index in [-0.39, 0.29) is 0 Å². The van der Waals surface area contributed by atoms with E-state index in [4.69, 9.17) is 0 Å². The molecule has 0 amide bonds. The van der Waals surface area contributed by atoms with Crippen molar-refractivity contribution in [1.29, 1.82) is 0 Å². The lowest BCUT2D eigenvalue weighted by Gasteiger charge is -2.14. The van der Waals surface area contributed by atoms with Crippen LogP contribution in [0.25, 0.3) is 0 Å². The second kappa shape index (κ2) is 5.31. The van der Waals surface area contributed by atoms with Crippen LogP contribution >= 0.6 is 22.6 Å². The van der Waals surface area contributed by atoms with Crippen LogP contribution in [0.3, 0.4) is 0 Å². The Morgan fingerprint density at radius 1 is 1.31 bits per heavy atom. The molecule has 6 heteroatoms. The highest BCUT2D eigenvalue weighted by Gasteiger charge is 2.28. The third kappa shape index (κ3) is 4.25. The Balaban J connectivity index is 2.70. The van der Waals surface area contributed by atoms with E-state index in [0.29, 0.717) is 9.13 Å². The Labute approximate surface area is 104 Å². The van der Waals surface area contributed by atoms with E-state index >= 15 is 0 Å². The van der Waals surface area contributed by atoms with E-state index in [0.717, 1.165) is 6.07 Å². The zero-order chi connectivity index (χ0) is 12.3. The maximum atomic E-state index is 12.7. The highest BCUT2D eigenvalue weighted by molar-refractivity contribution is 14.1. The van der Waals surface area contributed by atoms with Gasteiger partial charge in [0.15, 0.2) is 0 Å². The van der Waals surface area contributed by atoms with Crippen molar-refractivity contribution in [3.63, 3.8) is 0 Å². The normalized spacial score (nSPS) is 13.9. The molecule has 0 spiro atoms. The highest BCUT2D eigenvalue weighted by atomic mass is 127. The van der Waals surface area contributed by atoms with Crippen molar-refractivity contribution in [2.75, 3.05) is 0 Å². The number of halogens is 5. The average Bonchev–Trinajstić information content (AvgIpc) is 2.13. The second-order valence-electron chi connectivity index (χ2n) is 3.34. The summed E-state index contributed by atoms with van der Waals surface area (Å²) in [5.74, 6) is -0.476. The fourth-order valence-electron chi connectivity index (χ4n) is 1.23. The van der Waals surface area contributed by atoms with E-state index in [1.54, 1.807) is 22.6 Å². The van der Waals surface area contributed by atoms with Crippen molar-refractivity contribution >= 4 is 22.6 Å². The average molecular weight is 348 g/mol. The third-order valence-electron chi connectivity index (χ3n) is 2.02. The molecule has 0 radical (unpaired) electrons. The summed E-state index contributed by atoms with van der Waals surface area (Å²) in [5.41, 5.74) is 0.325. The standard InChI is InChI=1S/C10H9F4IO/c11-6-1-2-7(8(15)5-6)9(16)3-4-10(12,13)14/h1-2,5,9,16H,3-4H2. The molecular formula is C10H9F4IO. The second-order valence-corrected chi connectivity index (χ2v) is 4.50. The van der Waals surface area contributed by atoms with E-state index in [2.05, 4.69) is 0 Å². The van der Waals surface area contributed by atoms with Gasteiger partial charge in [-0.25, -0.2) is 4.39 Å². The van der Waals surface area contributed by atoms with Crippen molar-refractivity contribution in [3.05, 3.63) is 33.1 Å². The highest BCUT2D eigenvalue weighted by Crippen LogP contribution is 2.29. The molecule has 1 nitrogen and oxygen atoms in total. The molecule has 0 saturated carbocycles. The first-order valence-corrected chi connectivity index (χ1v) is 5.57. The quantitative estimate of drug-likeness (QED) is 0.651. The Kier molecular flexibility index (Phi) is 4.54. The smallest absolute Gasteiger partial charge is 0.388 e. The van der Waals surface area contributed by atoms with Crippen LogP contribution in [0, 0.1) is 9.39 Å². The zero-order valence-electron chi connectivity index (χ0n) is 8.06. The first-order chi connectivity index (χ1) is 7.29. The van der Waals surface area contributed by atoms with Crippen molar-refractivity contribution in [1.82, 2.24) is 0 Å². The molecule has 0 fully saturated rings. The minimum absolute atomic E-state index is 0.325. The van der Waals surface area contributed by atoms with Gasteiger partial charge in [0.05, 0.1) is 6.10 Å². The van der Waals surface area contributed by atoms with Crippen molar-refractivity contribution in [2.45, 2.75) is 25.1 Å². The fraction of sp³-hybridized carbons (Fsp3) is 0.400. The van der Waals surface area contributed by atoms with Gasteiger partial charge in [-0.15, -0.1) is 0 Å². The van der Waals surface area contributed by atoms with Gasteiger partial charge in [0, 0.05) is 9.99 Å². The topological polar surface area (TPSA) is 20.2 Å². The molecule has 0 saturated heterocycles. The molecule has 0 bridgehead atoms. The molecule has 90 valence electrons. The number of aliphatic hydroxyl groups excluding tert-OH is 1. The Hall–Kier alpha value is -0.370. The Bertz CT molecular complexity index is 364. The summed E-state index contributed by atoms with van der Waals surface area (Å²) in [7, 11) is 0. The van der Waals surface area contributed by atoms with Crippen molar-refractivity contribution < 1.29 is 22.7 Å². The lowest BCUT2D eigenvalue weighted by molar-refractivity contribution is -0.140. The van der Waals surface area contributed by atoms with Crippen LogP contribution in [0.5, 0.6) is 0 Å². The van der Waals surface area contributed by atoms with Gasteiger partial charge in [-0.05, 0) is 46.7 Å². The summed E-state index contributed by atoms with van der Waals surface area (Å²) >= 11 is 1.78. The SMILES string of the molecule is OC(CCC(F)(F)F)c1ccc(F)cc1I. The van der Waals surface area contributed by atoms with E-state index < -0.39 is 30.9 Å². The predicted octanol–water partition coefficient (Wildman–Crippen LogP) is 3.81. The van der Waals surface area contributed by atoms with Gasteiger partial charge < -0.3 is 5.11 Å². The number of alkyl halides is 3. The molecule has 0 aromatic heterocycles. The van der Waals surface area contributed by atoms with Crippen LogP contribution in [0.15, 0.2) is 18.2 Å². The molecule has 1 N–H and O–H groups in total. The van der Waals surface area contributed by atoms with Gasteiger partial charge in [-0.2, -0.15) is 13.2 Å². The maximum absolute atomic E-state index is 12.7. The van der Waals surface area contributed by atoms with Crippen LogP contribution in [0.4, 0.5) is 17.6 Å². The van der Waals surface area contributed by atoms with Crippen LogP contribution in [0.1, 0.15) is 24.5 Å². The molecule has 1 aromatic rings. The summed E-state index contributed by atoms with van der Waals surface area (Å²) in [5, 5.41) is 9.53.